The lowest BCUT2D eigenvalue weighted by Gasteiger charge is -2.15. The minimum absolute atomic E-state index is 0.0561. The summed E-state index contributed by atoms with van der Waals surface area (Å²) in [5.74, 6) is 0.178. The number of hydrogen-bond acceptors (Lipinski definition) is 9. The molecule has 0 bridgehead atoms. The predicted octanol–water partition coefficient (Wildman–Crippen LogP) is 1.86. The number of aromatic nitrogens is 3. The molecule has 0 radical (unpaired) electrons. The maximum atomic E-state index is 12.0. The van der Waals surface area contributed by atoms with Crippen LogP contribution >= 0.6 is 22.9 Å². The number of fused-ring (bicyclic) bond motifs is 2. The quantitative estimate of drug-likeness (QED) is 0.548. The predicted molar refractivity (Wildman–Crippen MR) is 115 cm³/mol. The first-order valence-corrected chi connectivity index (χ1v) is 11.2. The van der Waals surface area contributed by atoms with Crippen LogP contribution in [-0.2, 0) is 16.1 Å². The van der Waals surface area contributed by atoms with Crippen molar-refractivity contribution in [1.29, 1.82) is 0 Å². The fourth-order valence-electron chi connectivity index (χ4n) is 3.66. The second-order valence-corrected chi connectivity index (χ2v) is 9.34. The van der Waals surface area contributed by atoms with Gasteiger partial charge in [-0.15, -0.1) is 11.3 Å². The van der Waals surface area contributed by atoms with Gasteiger partial charge < -0.3 is 33.9 Å². The first-order chi connectivity index (χ1) is 15.4. The number of carbonyl (C=O) groups is 1. The molecule has 4 atom stereocenters. The first-order valence-electron chi connectivity index (χ1n) is 9.96. The maximum absolute atomic E-state index is 12.0. The van der Waals surface area contributed by atoms with Crippen molar-refractivity contribution in [3.63, 3.8) is 0 Å². The normalized spacial score (nSPS) is 24.6. The lowest BCUT2D eigenvalue weighted by atomic mass is 10.1. The Balaban J connectivity index is 1.27. The molecule has 12 heteroatoms. The highest BCUT2D eigenvalue weighted by molar-refractivity contribution is 7.14. The van der Waals surface area contributed by atoms with E-state index in [-0.39, 0.29) is 49.3 Å². The second kappa shape index (κ2) is 8.49. The topological polar surface area (TPSA) is 119 Å². The number of nitrogens with one attached hydrogen (secondary N) is 1. The highest BCUT2D eigenvalue weighted by Gasteiger charge is 2.48. The van der Waals surface area contributed by atoms with Gasteiger partial charge in [-0.05, 0) is 18.2 Å². The van der Waals surface area contributed by atoms with Gasteiger partial charge in [0.2, 0.25) is 5.88 Å². The van der Waals surface area contributed by atoms with Gasteiger partial charge in [0, 0.05) is 19.0 Å². The molecule has 2 N–H and O–H groups in total. The lowest BCUT2D eigenvalue weighted by molar-refractivity contribution is 0.00706. The third-order valence-electron chi connectivity index (χ3n) is 5.25. The summed E-state index contributed by atoms with van der Waals surface area (Å²) >= 11 is 7.69. The molecule has 2 unspecified atom stereocenters. The fraction of sp³-hybridized carbons (Fsp3) is 0.450. The van der Waals surface area contributed by atoms with E-state index < -0.39 is 6.10 Å². The molecular formula is C20H21ClN4O6S. The Bertz CT molecular complexity index is 1150. The zero-order chi connectivity index (χ0) is 22.4. The van der Waals surface area contributed by atoms with E-state index in [9.17, 15) is 9.90 Å². The average Bonchev–Trinajstić information content (AvgIpc) is 3.52. The van der Waals surface area contributed by atoms with Gasteiger partial charge in [-0.1, -0.05) is 11.6 Å². The van der Waals surface area contributed by atoms with Crippen molar-refractivity contribution in [1.82, 2.24) is 19.9 Å². The van der Waals surface area contributed by atoms with Gasteiger partial charge in [0.1, 0.15) is 29.9 Å². The molecule has 2 aliphatic rings. The summed E-state index contributed by atoms with van der Waals surface area (Å²) in [7, 11) is 3.42. The highest BCUT2D eigenvalue weighted by Crippen LogP contribution is 2.31. The minimum Gasteiger partial charge on any atom is -0.471 e. The number of H-pyrrole nitrogens is 1. The van der Waals surface area contributed by atoms with Crippen molar-refractivity contribution in [2.24, 2.45) is 0 Å². The number of hydrogen-bond donors (Lipinski definition) is 2. The maximum Gasteiger partial charge on any atom is 0.296 e. The van der Waals surface area contributed by atoms with Crippen LogP contribution in [0, 0.1) is 0 Å². The van der Waals surface area contributed by atoms with Crippen molar-refractivity contribution in [2.75, 3.05) is 27.3 Å². The van der Waals surface area contributed by atoms with Gasteiger partial charge in [-0.2, -0.15) is 9.97 Å². The largest absolute Gasteiger partial charge is 0.471 e. The average molecular weight is 481 g/mol. The Morgan fingerprint density at radius 3 is 2.94 bits per heavy atom. The zero-order valence-corrected chi connectivity index (χ0v) is 18.9. The molecule has 2 saturated heterocycles. The highest BCUT2D eigenvalue weighted by atomic mass is 35.5. The first kappa shape index (κ1) is 21.4. The number of rotatable bonds is 6. The van der Waals surface area contributed by atoms with E-state index in [0.29, 0.717) is 27.7 Å². The molecule has 5 heterocycles. The van der Waals surface area contributed by atoms with E-state index in [4.69, 9.17) is 30.5 Å². The third-order valence-corrected chi connectivity index (χ3v) is 6.56. The SMILES string of the molecule is CN(C)C(=O)c1ccc(COc2nc3nc(O[C@@H]4COC5C4OC[C@H]5O)[nH]c3cc2Cl)s1. The summed E-state index contributed by atoms with van der Waals surface area (Å²) in [6, 6.07) is 5.53. The smallest absolute Gasteiger partial charge is 0.296 e. The van der Waals surface area contributed by atoms with Gasteiger partial charge in [0.25, 0.3) is 11.9 Å². The summed E-state index contributed by atoms with van der Waals surface area (Å²) in [6.45, 7) is 0.743. The van der Waals surface area contributed by atoms with E-state index in [1.54, 1.807) is 26.2 Å². The molecule has 0 saturated carbocycles. The summed E-state index contributed by atoms with van der Waals surface area (Å²) in [4.78, 5) is 26.9. The lowest BCUT2D eigenvalue weighted by Crippen LogP contribution is -2.34. The molecular weight excluding hydrogens is 460 g/mol. The molecule has 0 aromatic carbocycles. The number of carbonyl (C=O) groups excluding carboxylic acids is 1. The number of thiophene rings is 1. The molecule has 0 aliphatic carbocycles. The number of ether oxygens (including phenoxy) is 4. The van der Waals surface area contributed by atoms with E-state index in [1.165, 1.54) is 16.2 Å². The fourth-order valence-corrected chi connectivity index (χ4v) is 4.80. The molecule has 2 aliphatic heterocycles. The van der Waals surface area contributed by atoms with Crippen LogP contribution in [-0.4, -0.2) is 82.6 Å². The summed E-state index contributed by atoms with van der Waals surface area (Å²) in [6.07, 6.45) is -1.77. The van der Waals surface area contributed by atoms with Crippen LogP contribution in [0.5, 0.6) is 11.9 Å². The van der Waals surface area contributed by atoms with Crippen LogP contribution in [0.15, 0.2) is 18.2 Å². The van der Waals surface area contributed by atoms with Crippen LogP contribution in [0.1, 0.15) is 14.5 Å². The Morgan fingerprint density at radius 2 is 2.12 bits per heavy atom. The molecule has 32 heavy (non-hydrogen) atoms. The van der Waals surface area contributed by atoms with Crippen LogP contribution < -0.4 is 9.47 Å². The number of aliphatic hydroxyl groups is 1. The van der Waals surface area contributed by atoms with Crippen molar-refractivity contribution in [3.8, 4) is 11.9 Å². The Kier molecular flexibility index (Phi) is 5.68. The number of pyridine rings is 1. The van der Waals surface area contributed by atoms with Crippen molar-refractivity contribution in [2.45, 2.75) is 31.0 Å². The van der Waals surface area contributed by atoms with Crippen LogP contribution in [0.4, 0.5) is 0 Å². The van der Waals surface area contributed by atoms with Crippen molar-refractivity contribution < 1.29 is 28.8 Å². The number of nitrogens with zero attached hydrogens (tertiary/aromatic N) is 3. The van der Waals surface area contributed by atoms with Gasteiger partial charge >= 0.3 is 0 Å². The molecule has 3 aromatic heterocycles. The zero-order valence-electron chi connectivity index (χ0n) is 17.3. The van der Waals surface area contributed by atoms with Crippen molar-refractivity contribution >= 4 is 40.0 Å². The van der Waals surface area contributed by atoms with Gasteiger partial charge in [0.15, 0.2) is 11.8 Å². The molecule has 3 aromatic rings. The second-order valence-electron chi connectivity index (χ2n) is 7.76. The Labute approximate surface area is 192 Å². The van der Waals surface area contributed by atoms with Crippen LogP contribution in [0.2, 0.25) is 5.02 Å². The van der Waals surface area contributed by atoms with Gasteiger partial charge in [-0.3, -0.25) is 4.79 Å². The Hall–Kier alpha value is -2.44. The summed E-state index contributed by atoms with van der Waals surface area (Å²) in [5.41, 5.74) is 0.979. The molecule has 0 spiro atoms. The number of halogens is 1. The Morgan fingerprint density at radius 1 is 1.31 bits per heavy atom. The van der Waals surface area contributed by atoms with E-state index in [2.05, 4.69) is 15.0 Å². The van der Waals surface area contributed by atoms with Gasteiger partial charge in [-0.25, -0.2) is 0 Å². The van der Waals surface area contributed by atoms with Crippen LogP contribution in [0.25, 0.3) is 11.2 Å². The standard InChI is InChI=1S/C20H21ClN4O6S/c1-25(2)19(27)14-4-3-9(32-14)6-30-18-10(21)5-11-17(23-18)24-20(22-11)31-13-8-29-15-12(26)7-28-16(13)15/h3-5,12-13,15-16,26H,6-8H2,1-2H3,(H,22,23,24)/t12-,13-,15?,16?/m1/s1. The number of aromatic amines is 1. The van der Waals surface area contributed by atoms with Crippen LogP contribution in [0.3, 0.4) is 0 Å². The molecule has 5 rings (SSSR count). The third kappa shape index (κ3) is 4.02. The number of amides is 1. The molecule has 10 nitrogen and oxygen atoms in total. The van der Waals surface area contributed by atoms with E-state index in [0.717, 1.165) is 4.88 Å². The van der Waals surface area contributed by atoms with Gasteiger partial charge in [0.05, 0.1) is 23.6 Å². The van der Waals surface area contributed by atoms with E-state index in [1.807, 2.05) is 6.07 Å². The minimum atomic E-state index is -0.648. The number of imidazole rings is 1. The molecule has 1 amide bonds. The number of aliphatic hydroxyl groups excluding tert-OH is 1. The molecule has 2 fully saturated rings. The van der Waals surface area contributed by atoms with Crippen molar-refractivity contribution in [3.05, 3.63) is 33.0 Å². The molecule has 170 valence electrons. The monoisotopic (exact) mass is 480 g/mol. The summed E-state index contributed by atoms with van der Waals surface area (Å²) in [5, 5.41) is 10.2. The van der Waals surface area contributed by atoms with E-state index >= 15 is 0 Å². The summed E-state index contributed by atoms with van der Waals surface area (Å²) < 4.78 is 22.8.